The van der Waals surface area contributed by atoms with Gasteiger partial charge in [-0.1, -0.05) is 48.5 Å². The number of Topliss-reactive ketones (excluding diaryl/α,β-unsaturated/α-hetero) is 1. The number of fused-ring (bicyclic) bond motifs is 5. The lowest BCUT2D eigenvalue weighted by molar-refractivity contribution is -0.213. The first-order chi connectivity index (χ1) is 15.3. The zero-order chi connectivity index (χ0) is 24.1. The van der Waals surface area contributed by atoms with Crippen LogP contribution >= 0.6 is 0 Å². The van der Waals surface area contributed by atoms with E-state index in [1.807, 2.05) is 0 Å². The lowest BCUT2D eigenvalue weighted by Crippen LogP contribution is -2.67. The highest BCUT2D eigenvalue weighted by Gasteiger charge is 2.68. The molecule has 0 saturated heterocycles. The van der Waals surface area contributed by atoms with E-state index in [-0.39, 0.29) is 17.6 Å². The Hall–Kier alpha value is -0.410. The summed E-state index contributed by atoms with van der Waals surface area (Å²) in [5, 5.41) is 21.9. The quantitative estimate of drug-likeness (QED) is 0.523. The molecule has 5 rings (SSSR count). The molecule has 0 aromatic heterocycles. The maximum Gasteiger partial charge on any atom is 0.165 e. The molecule has 0 aromatic rings. The highest BCUT2D eigenvalue weighted by atomic mass is 16.3. The van der Waals surface area contributed by atoms with E-state index in [0.717, 1.165) is 48.9 Å². The lowest BCUT2D eigenvalue weighted by Gasteiger charge is -2.63. The molecular formula is C30H50O3. The number of hydrogen-bond acceptors (Lipinski definition) is 3. The predicted octanol–water partition coefficient (Wildman–Crippen LogP) is 6.25. The molecule has 33 heavy (non-hydrogen) atoms. The van der Waals surface area contributed by atoms with Crippen molar-refractivity contribution in [1.29, 1.82) is 0 Å². The van der Waals surface area contributed by atoms with Gasteiger partial charge in [0.15, 0.2) is 5.78 Å². The van der Waals surface area contributed by atoms with Crippen molar-refractivity contribution in [2.75, 3.05) is 0 Å². The first-order valence-electron chi connectivity index (χ1n) is 14.2. The van der Waals surface area contributed by atoms with Gasteiger partial charge in [-0.3, -0.25) is 4.79 Å². The van der Waals surface area contributed by atoms with Crippen LogP contribution in [0.25, 0.3) is 0 Å². The molecule has 5 aliphatic carbocycles. The Morgan fingerprint density at radius 3 is 2.24 bits per heavy atom. The highest BCUT2D eigenvalue weighted by molar-refractivity contribution is 5.89. The molecule has 3 heteroatoms. The Labute approximate surface area is 202 Å². The van der Waals surface area contributed by atoms with E-state index >= 15 is 0 Å². The van der Waals surface area contributed by atoms with Crippen LogP contribution in [0.2, 0.25) is 0 Å². The van der Waals surface area contributed by atoms with Gasteiger partial charge in [-0.15, -0.1) is 0 Å². The summed E-state index contributed by atoms with van der Waals surface area (Å²) in [6, 6.07) is 0. The molecule has 2 N–H and O–H groups in total. The van der Waals surface area contributed by atoms with Gasteiger partial charge in [0, 0.05) is 18.3 Å². The van der Waals surface area contributed by atoms with Crippen molar-refractivity contribution in [3.8, 4) is 0 Å². The number of rotatable bonds is 4. The third kappa shape index (κ3) is 3.16. The van der Waals surface area contributed by atoms with Gasteiger partial charge in [-0.2, -0.15) is 0 Å². The Morgan fingerprint density at radius 1 is 0.879 bits per heavy atom. The minimum Gasteiger partial charge on any atom is -0.393 e. The van der Waals surface area contributed by atoms with Crippen molar-refractivity contribution in [3.05, 3.63) is 0 Å². The number of aliphatic hydroxyl groups is 2. The molecule has 0 bridgehead atoms. The molecule has 0 spiro atoms. The summed E-state index contributed by atoms with van der Waals surface area (Å²) < 4.78 is 0. The second kappa shape index (κ2) is 7.55. The average Bonchev–Trinajstić information content (AvgIpc) is 3.31. The molecule has 5 saturated carbocycles. The molecule has 0 heterocycles. The van der Waals surface area contributed by atoms with Gasteiger partial charge in [-0.05, 0) is 103 Å². The Bertz CT molecular complexity index is 806. The monoisotopic (exact) mass is 458 g/mol. The first kappa shape index (κ1) is 24.3. The molecule has 0 aliphatic heterocycles. The van der Waals surface area contributed by atoms with E-state index in [0.29, 0.717) is 35.0 Å². The zero-order valence-electron chi connectivity index (χ0n) is 22.4. The third-order valence-electron chi connectivity index (χ3n) is 13.3. The summed E-state index contributed by atoms with van der Waals surface area (Å²) in [5.41, 5.74) is -0.828. The SMILES string of the molecule is CC(C)C(C)C1(C)CC1C(C)C1CCC2C3CC(=O)C4(O)CC(O)CCC4(C)C3CCC12C. The summed E-state index contributed by atoms with van der Waals surface area (Å²) >= 11 is 0. The molecule has 3 nitrogen and oxygen atoms in total. The van der Waals surface area contributed by atoms with Crippen LogP contribution in [0.4, 0.5) is 0 Å². The molecule has 0 radical (unpaired) electrons. The van der Waals surface area contributed by atoms with Crippen LogP contribution in [-0.2, 0) is 4.79 Å². The van der Waals surface area contributed by atoms with Crippen molar-refractivity contribution in [1.82, 2.24) is 0 Å². The van der Waals surface area contributed by atoms with Crippen molar-refractivity contribution in [2.24, 2.45) is 63.6 Å². The molecular weight excluding hydrogens is 408 g/mol. The van der Waals surface area contributed by atoms with Gasteiger partial charge in [0.1, 0.15) is 5.60 Å². The van der Waals surface area contributed by atoms with Gasteiger partial charge < -0.3 is 10.2 Å². The standard InChI is InChI=1S/C30H50O3/c1-17(2)19(4)28(6)16-25(28)18(3)22-8-9-23-21-14-26(32)30(33)15-20(31)10-13-29(30,7)24(21)11-12-27(22,23)5/h17-25,31,33H,8-16H2,1-7H3. The first-order valence-corrected chi connectivity index (χ1v) is 14.2. The minimum atomic E-state index is -1.31. The smallest absolute Gasteiger partial charge is 0.165 e. The second-order valence-electron chi connectivity index (χ2n) is 14.6. The number of aliphatic hydroxyl groups excluding tert-OH is 1. The largest absolute Gasteiger partial charge is 0.393 e. The van der Waals surface area contributed by atoms with Gasteiger partial charge in [0.25, 0.3) is 0 Å². The number of carbonyl (C=O) groups excluding carboxylic acids is 1. The molecule has 0 aromatic carbocycles. The van der Waals surface area contributed by atoms with Crippen molar-refractivity contribution >= 4 is 5.78 Å². The number of carbonyl (C=O) groups is 1. The molecule has 12 atom stereocenters. The van der Waals surface area contributed by atoms with Gasteiger partial charge in [0.05, 0.1) is 6.10 Å². The van der Waals surface area contributed by atoms with Crippen LogP contribution in [0.3, 0.4) is 0 Å². The average molecular weight is 459 g/mol. The summed E-state index contributed by atoms with van der Waals surface area (Å²) in [7, 11) is 0. The topological polar surface area (TPSA) is 57.5 Å². The highest BCUT2D eigenvalue weighted by Crippen LogP contribution is 2.71. The molecule has 0 amide bonds. The fourth-order valence-corrected chi connectivity index (χ4v) is 10.7. The van der Waals surface area contributed by atoms with E-state index in [1.165, 1.54) is 25.7 Å². The van der Waals surface area contributed by atoms with E-state index in [9.17, 15) is 15.0 Å². The normalized spacial score (nSPS) is 55.5. The van der Waals surface area contributed by atoms with Crippen LogP contribution in [0, 0.1) is 63.6 Å². The van der Waals surface area contributed by atoms with Gasteiger partial charge in [-0.25, -0.2) is 0 Å². The lowest BCUT2D eigenvalue weighted by atomic mass is 9.42. The van der Waals surface area contributed by atoms with Crippen LogP contribution in [0.15, 0.2) is 0 Å². The molecule has 5 fully saturated rings. The summed E-state index contributed by atoms with van der Waals surface area (Å²) in [4.78, 5) is 13.4. The second-order valence-corrected chi connectivity index (χ2v) is 14.6. The Kier molecular flexibility index (Phi) is 5.55. The molecule has 12 unspecified atom stereocenters. The maximum absolute atomic E-state index is 13.4. The van der Waals surface area contributed by atoms with E-state index < -0.39 is 11.7 Å². The van der Waals surface area contributed by atoms with Crippen LogP contribution in [0.5, 0.6) is 0 Å². The summed E-state index contributed by atoms with van der Waals surface area (Å²) in [6.45, 7) is 17.1. The van der Waals surface area contributed by atoms with E-state index in [4.69, 9.17) is 0 Å². The van der Waals surface area contributed by atoms with E-state index in [2.05, 4.69) is 48.5 Å². The van der Waals surface area contributed by atoms with Crippen LogP contribution in [0.1, 0.15) is 106 Å². The van der Waals surface area contributed by atoms with Crippen LogP contribution < -0.4 is 0 Å². The number of ketones is 1. The predicted molar refractivity (Wildman–Crippen MR) is 132 cm³/mol. The fraction of sp³-hybridized carbons (Fsp3) is 0.967. The zero-order valence-corrected chi connectivity index (χ0v) is 22.4. The maximum atomic E-state index is 13.4. The fourth-order valence-electron chi connectivity index (χ4n) is 10.7. The number of hydrogen-bond donors (Lipinski definition) is 2. The Balaban J connectivity index is 1.38. The summed E-state index contributed by atoms with van der Waals surface area (Å²) in [5.74, 6) is 5.41. The Morgan fingerprint density at radius 2 is 1.58 bits per heavy atom. The van der Waals surface area contributed by atoms with Crippen molar-refractivity contribution in [2.45, 2.75) is 118 Å². The summed E-state index contributed by atoms with van der Waals surface area (Å²) in [6.07, 6.45) is 8.14. The molecule has 188 valence electrons. The third-order valence-corrected chi connectivity index (χ3v) is 13.3. The van der Waals surface area contributed by atoms with Crippen LogP contribution in [-0.4, -0.2) is 27.7 Å². The van der Waals surface area contributed by atoms with Gasteiger partial charge >= 0.3 is 0 Å². The van der Waals surface area contributed by atoms with Crippen molar-refractivity contribution < 1.29 is 15.0 Å². The molecule has 5 aliphatic rings. The van der Waals surface area contributed by atoms with E-state index in [1.54, 1.807) is 0 Å². The van der Waals surface area contributed by atoms with Gasteiger partial charge in [0.2, 0.25) is 0 Å². The minimum absolute atomic E-state index is 0.0336. The van der Waals surface area contributed by atoms with Crippen molar-refractivity contribution in [3.63, 3.8) is 0 Å².